The SMILES string of the molecule is O=c1c(=Cc2cc(Br)cc([N+](=O)[O-])c2O)sc2n1C(c1ccc(Br)cc1)C=C(c1ccccc1)N=2. The lowest BCUT2D eigenvalue weighted by atomic mass is 10.0. The first-order chi connectivity index (χ1) is 16.8. The fourth-order valence-electron chi connectivity index (χ4n) is 3.85. The van der Waals surface area contributed by atoms with Gasteiger partial charge in [-0.15, -0.1) is 0 Å². The van der Waals surface area contributed by atoms with Crippen LogP contribution in [0.15, 0.2) is 91.5 Å². The molecule has 3 aromatic carbocycles. The quantitative estimate of drug-likeness (QED) is 0.255. The zero-order chi connectivity index (χ0) is 24.7. The highest BCUT2D eigenvalue weighted by molar-refractivity contribution is 9.10. The van der Waals surface area contributed by atoms with E-state index in [-0.39, 0.29) is 11.1 Å². The van der Waals surface area contributed by atoms with Crippen LogP contribution < -0.4 is 14.9 Å². The Kier molecular flexibility index (Phi) is 6.26. The van der Waals surface area contributed by atoms with Crippen molar-refractivity contribution >= 4 is 60.7 Å². The lowest BCUT2D eigenvalue weighted by molar-refractivity contribution is -0.385. The number of fused-ring (bicyclic) bond motifs is 1. The molecule has 0 amide bonds. The summed E-state index contributed by atoms with van der Waals surface area (Å²) in [5, 5.41) is 21.8. The van der Waals surface area contributed by atoms with Crippen LogP contribution in [0.2, 0.25) is 0 Å². The highest BCUT2D eigenvalue weighted by Crippen LogP contribution is 2.34. The molecule has 0 bridgehead atoms. The van der Waals surface area contributed by atoms with E-state index >= 15 is 0 Å². The van der Waals surface area contributed by atoms with E-state index in [1.807, 2.05) is 60.7 Å². The molecule has 0 saturated heterocycles. The molecule has 0 saturated carbocycles. The summed E-state index contributed by atoms with van der Waals surface area (Å²) in [4.78, 5) is 29.4. The van der Waals surface area contributed by atoms with Crippen molar-refractivity contribution in [2.45, 2.75) is 6.04 Å². The van der Waals surface area contributed by atoms with E-state index in [1.54, 1.807) is 4.57 Å². The van der Waals surface area contributed by atoms with Gasteiger partial charge in [-0.25, -0.2) is 4.99 Å². The van der Waals surface area contributed by atoms with Gasteiger partial charge in [-0.2, -0.15) is 0 Å². The predicted octanol–water partition coefficient (Wildman–Crippen LogP) is 5.14. The third kappa shape index (κ3) is 4.52. The topological polar surface area (TPSA) is 97.7 Å². The number of nitro groups is 1. The maximum absolute atomic E-state index is 13.5. The molecule has 5 rings (SSSR count). The second-order valence-electron chi connectivity index (χ2n) is 7.71. The highest BCUT2D eigenvalue weighted by Gasteiger charge is 2.23. The molecule has 1 N–H and O–H groups in total. The van der Waals surface area contributed by atoms with Gasteiger partial charge in [-0.05, 0) is 41.5 Å². The lowest BCUT2D eigenvalue weighted by Gasteiger charge is -2.19. The van der Waals surface area contributed by atoms with E-state index in [2.05, 4.69) is 31.9 Å². The Bertz CT molecular complexity index is 1680. The number of halogens is 2. The van der Waals surface area contributed by atoms with Gasteiger partial charge in [-0.1, -0.05) is 85.7 Å². The minimum Gasteiger partial charge on any atom is -0.502 e. The Morgan fingerprint density at radius 3 is 2.46 bits per heavy atom. The normalized spacial score (nSPS) is 15.3. The standard InChI is InChI=1S/C25H15Br2N3O4S/c26-17-8-6-15(7-9-17)20-13-19(14-4-2-1-3-5-14)28-25-29(20)24(32)22(35-25)11-16-10-18(27)12-21(23(16)31)30(33)34/h1-13,20,31H. The largest absolute Gasteiger partial charge is 0.502 e. The minimum absolute atomic E-state index is 0.166. The van der Waals surface area contributed by atoms with Crippen molar-refractivity contribution in [3.05, 3.63) is 128 Å². The van der Waals surface area contributed by atoms with Gasteiger partial charge < -0.3 is 5.11 Å². The summed E-state index contributed by atoms with van der Waals surface area (Å²) in [5.41, 5.74) is 1.99. The summed E-state index contributed by atoms with van der Waals surface area (Å²) < 4.78 is 3.25. The minimum atomic E-state index is -0.668. The Balaban J connectivity index is 1.75. The highest BCUT2D eigenvalue weighted by atomic mass is 79.9. The van der Waals surface area contributed by atoms with Crippen molar-refractivity contribution in [2.75, 3.05) is 0 Å². The molecule has 1 atom stereocenters. The number of benzene rings is 3. The Hall–Kier alpha value is -3.34. The van der Waals surface area contributed by atoms with E-state index in [0.29, 0.717) is 13.8 Å². The van der Waals surface area contributed by atoms with Crippen LogP contribution in [0.25, 0.3) is 11.8 Å². The number of allylic oxidation sites excluding steroid dienone is 1. The molecule has 1 aliphatic heterocycles. The fourth-order valence-corrected chi connectivity index (χ4v) is 5.58. The predicted molar refractivity (Wildman–Crippen MR) is 142 cm³/mol. The van der Waals surface area contributed by atoms with Crippen LogP contribution in [0.1, 0.15) is 22.7 Å². The first-order valence-electron chi connectivity index (χ1n) is 10.3. The summed E-state index contributed by atoms with van der Waals surface area (Å²) >= 11 is 7.86. The molecule has 1 unspecified atom stereocenters. The molecular formula is C25H15Br2N3O4S. The van der Waals surface area contributed by atoms with E-state index in [9.17, 15) is 20.0 Å². The number of phenols is 1. The number of hydrogen-bond acceptors (Lipinski definition) is 6. The lowest BCUT2D eigenvalue weighted by Crippen LogP contribution is -2.36. The van der Waals surface area contributed by atoms with Gasteiger partial charge in [0.05, 0.1) is 21.2 Å². The molecule has 35 heavy (non-hydrogen) atoms. The molecule has 1 aliphatic rings. The first kappa shape index (κ1) is 23.4. The molecule has 1 aromatic heterocycles. The molecule has 174 valence electrons. The first-order valence-corrected chi connectivity index (χ1v) is 12.7. The molecular weight excluding hydrogens is 598 g/mol. The van der Waals surface area contributed by atoms with Crippen LogP contribution in [-0.4, -0.2) is 14.6 Å². The van der Waals surface area contributed by atoms with Crippen LogP contribution in [-0.2, 0) is 0 Å². The zero-order valence-corrected chi connectivity index (χ0v) is 21.7. The summed E-state index contributed by atoms with van der Waals surface area (Å²) in [6.45, 7) is 0. The average molecular weight is 613 g/mol. The van der Waals surface area contributed by atoms with Gasteiger partial charge in [0.2, 0.25) is 5.75 Å². The van der Waals surface area contributed by atoms with Crippen LogP contribution >= 0.6 is 43.2 Å². The maximum atomic E-state index is 13.5. The molecule has 4 aromatic rings. The average Bonchev–Trinajstić information content (AvgIpc) is 3.16. The number of phenolic OH excluding ortho intramolecular Hbond substituents is 1. The van der Waals surface area contributed by atoms with E-state index in [1.165, 1.54) is 29.5 Å². The van der Waals surface area contributed by atoms with Gasteiger partial charge in [0.15, 0.2) is 4.80 Å². The number of aromatic hydroxyl groups is 1. The summed E-state index contributed by atoms with van der Waals surface area (Å²) in [7, 11) is 0. The van der Waals surface area contributed by atoms with Crippen molar-refractivity contribution in [3.63, 3.8) is 0 Å². The smallest absolute Gasteiger partial charge is 0.312 e. The zero-order valence-electron chi connectivity index (χ0n) is 17.8. The van der Waals surface area contributed by atoms with Crippen molar-refractivity contribution < 1.29 is 10.0 Å². The van der Waals surface area contributed by atoms with Gasteiger partial charge in [0, 0.05) is 20.6 Å². The maximum Gasteiger partial charge on any atom is 0.312 e. The third-order valence-corrected chi connectivity index (χ3v) is 7.46. The van der Waals surface area contributed by atoms with Crippen LogP contribution in [0, 0.1) is 10.1 Å². The number of nitro benzene ring substituents is 1. The number of rotatable bonds is 4. The number of aromatic nitrogens is 1. The number of thiazole rings is 1. The van der Waals surface area contributed by atoms with Gasteiger partial charge in [0.25, 0.3) is 5.56 Å². The van der Waals surface area contributed by atoms with Crippen molar-refractivity contribution in [3.8, 4) is 5.75 Å². The van der Waals surface area contributed by atoms with Gasteiger partial charge in [-0.3, -0.25) is 19.5 Å². The van der Waals surface area contributed by atoms with Gasteiger partial charge in [0.1, 0.15) is 0 Å². The summed E-state index contributed by atoms with van der Waals surface area (Å²) in [6, 6.07) is 19.8. The molecule has 10 heteroatoms. The summed E-state index contributed by atoms with van der Waals surface area (Å²) in [6.07, 6.45) is 3.41. The second-order valence-corrected chi connectivity index (χ2v) is 10.6. The van der Waals surface area contributed by atoms with Crippen LogP contribution in [0.3, 0.4) is 0 Å². The number of hydrogen-bond donors (Lipinski definition) is 1. The van der Waals surface area contributed by atoms with E-state index < -0.39 is 22.4 Å². The Morgan fingerprint density at radius 1 is 1.06 bits per heavy atom. The third-order valence-electron chi connectivity index (χ3n) is 5.50. The van der Waals surface area contributed by atoms with Crippen LogP contribution in [0.5, 0.6) is 5.75 Å². The number of nitrogens with zero attached hydrogens (tertiary/aromatic N) is 3. The van der Waals surface area contributed by atoms with Crippen molar-refractivity contribution in [2.24, 2.45) is 4.99 Å². The molecule has 0 aliphatic carbocycles. The molecule has 2 heterocycles. The van der Waals surface area contributed by atoms with Crippen molar-refractivity contribution in [1.82, 2.24) is 4.57 Å². The molecule has 7 nitrogen and oxygen atoms in total. The second kappa shape index (κ2) is 9.37. The van der Waals surface area contributed by atoms with E-state index in [4.69, 9.17) is 4.99 Å². The molecule has 0 spiro atoms. The monoisotopic (exact) mass is 611 g/mol. The van der Waals surface area contributed by atoms with Crippen molar-refractivity contribution in [1.29, 1.82) is 0 Å². The Labute approximate surface area is 219 Å². The summed E-state index contributed by atoms with van der Waals surface area (Å²) in [5.74, 6) is -0.501. The molecule has 0 radical (unpaired) electrons. The van der Waals surface area contributed by atoms with Gasteiger partial charge >= 0.3 is 5.69 Å². The van der Waals surface area contributed by atoms with Crippen LogP contribution in [0.4, 0.5) is 5.69 Å². The fraction of sp³-hybridized carbons (Fsp3) is 0.0400. The Morgan fingerprint density at radius 2 is 1.77 bits per heavy atom. The van der Waals surface area contributed by atoms with E-state index in [0.717, 1.165) is 21.3 Å². The molecule has 0 fully saturated rings.